The van der Waals surface area contributed by atoms with Gasteiger partial charge in [-0.05, 0) is 53.0 Å². The van der Waals surface area contributed by atoms with Crippen LogP contribution in [0.3, 0.4) is 0 Å². The van der Waals surface area contributed by atoms with Crippen LogP contribution >= 0.6 is 34.8 Å². The zero-order chi connectivity index (χ0) is 13.3. The zero-order valence-corrected chi connectivity index (χ0v) is 13.4. The van der Waals surface area contributed by atoms with Crippen LogP contribution in [0.25, 0.3) is 11.0 Å². The van der Waals surface area contributed by atoms with Gasteiger partial charge in [0, 0.05) is 16.7 Å². The summed E-state index contributed by atoms with van der Waals surface area (Å²) >= 11 is 7.46. The van der Waals surface area contributed by atoms with E-state index in [-0.39, 0.29) is 0 Å². The molecule has 0 atom stereocenters. The molecule has 0 radical (unpaired) electrons. The Bertz CT molecular complexity index is 733. The Morgan fingerprint density at radius 3 is 2.89 bits per heavy atom. The largest absolute Gasteiger partial charge is 0.331 e. The van der Waals surface area contributed by atoms with Gasteiger partial charge in [0.15, 0.2) is 4.77 Å². The summed E-state index contributed by atoms with van der Waals surface area (Å²) in [4.78, 5) is 3.11. The number of H-pyrrole nitrogens is 1. The van der Waals surface area contributed by atoms with Crippen molar-refractivity contribution in [2.24, 2.45) is 0 Å². The smallest absolute Gasteiger partial charge is 0.208 e. The molecule has 0 fully saturated rings. The molecule has 2 rings (SSSR count). The number of aromatic nitrogens is 2. The average Bonchev–Trinajstić information content (AvgIpc) is 2.52. The number of benzene rings is 1. The van der Waals surface area contributed by atoms with Gasteiger partial charge < -0.3 is 9.55 Å². The fraction of sp³-hybridized carbons (Fsp3) is 0.300. The molecule has 0 aliphatic carbocycles. The summed E-state index contributed by atoms with van der Waals surface area (Å²) in [6, 6.07) is 5.97. The Balaban J connectivity index is 2.28. The lowest BCUT2D eigenvalue weighted by molar-refractivity contribution is 0.579. The van der Waals surface area contributed by atoms with Gasteiger partial charge in [-0.2, -0.15) is 0 Å². The Hall–Kier alpha value is -0.450. The van der Waals surface area contributed by atoms with Crippen LogP contribution in [0.15, 0.2) is 18.2 Å². The number of hydrogen-bond acceptors (Lipinski definition) is 3. The third-order valence-corrected chi connectivity index (χ3v) is 4.16. The summed E-state index contributed by atoms with van der Waals surface area (Å²) in [6.45, 7) is 0.832. The van der Waals surface area contributed by atoms with E-state index in [1.807, 2.05) is 22.8 Å². The molecule has 2 aromatic rings. The molecule has 0 aliphatic heterocycles. The highest BCUT2D eigenvalue weighted by molar-refractivity contribution is 14.1. The predicted molar refractivity (Wildman–Crippen MR) is 82.7 cm³/mol. The molecule has 0 spiro atoms. The maximum absolute atomic E-state index is 11.0. The van der Waals surface area contributed by atoms with Gasteiger partial charge in [0.25, 0.3) is 0 Å². The van der Waals surface area contributed by atoms with Crippen molar-refractivity contribution in [1.29, 1.82) is 0 Å². The lowest BCUT2D eigenvalue weighted by atomic mass is 10.3. The maximum Gasteiger partial charge on any atom is 0.208 e. The second-order valence-corrected chi connectivity index (χ2v) is 7.38. The molecule has 1 aromatic heterocycles. The topological polar surface area (TPSA) is 66.9 Å². The molecule has 0 amide bonds. The molecule has 8 heteroatoms. The van der Waals surface area contributed by atoms with Gasteiger partial charge >= 0.3 is 0 Å². The normalized spacial score (nSPS) is 12.1. The van der Waals surface area contributed by atoms with E-state index in [0.717, 1.165) is 20.9 Å². The molecule has 0 saturated heterocycles. The quantitative estimate of drug-likeness (QED) is 0.612. The van der Waals surface area contributed by atoms with Gasteiger partial charge in [-0.25, -0.2) is 13.1 Å². The van der Waals surface area contributed by atoms with Gasteiger partial charge in [-0.1, -0.05) is 0 Å². The lowest BCUT2D eigenvalue weighted by Crippen LogP contribution is -2.26. The van der Waals surface area contributed by atoms with Crippen molar-refractivity contribution >= 4 is 55.9 Å². The van der Waals surface area contributed by atoms with E-state index in [0.29, 0.717) is 17.9 Å². The van der Waals surface area contributed by atoms with Gasteiger partial charge in [-0.3, -0.25) is 0 Å². The molecule has 5 nitrogen and oxygen atoms in total. The maximum atomic E-state index is 11.0. The molecule has 18 heavy (non-hydrogen) atoms. The fourth-order valence-corrected chi connectivity index (χ4v) is 2.95. The average molecular weight is 397 g/mol. The Kier molecular flexibility index (Phi) is 4.09. The zero-order valence-electron chi connectivity index (χ0n) is 9.60. The summed E-state index contributed by atoms with van der Waals surface area (Å²) in [5.74, 6) is 0. The SMILES string of the molecule is CS(=O)(=O)NCCn1c(=S)[nH]c2cc(I)ccc21. The van der Waals surface area contributed by atoms with Crippen LogP contribution in [-0.4, -0.2) is 30.8 Å². The minimum absolute atomic E-state index is 0.325. The summed E-state index contributed by atoms with van der Waals surface area (Å²) in [6.07, 6.45) is 1.14. The van der Waals surface area contributed by atoms with Gasteiger partial charge in [0.05, 0.1) is 17.3 Å². The first-order valence-corrected chi connectivity index (χ1v) is 8.57. The monoisotopic (exact) mass is 397 g/mol. The van der Waals surface area contributed by atoms with E-state index in [2.05, 4.69) is 32.3 Å². The van der Waals surface area contributed by atoms with E-state index in [1.54, 1.807) is 0 Å². The molecular weight excluding hydrogens is 385 g/mol. The van der Waals surface area contributed by atoms with Crippen LogP contribution in [0.4, 0.5) is 0 Å². The lowest BCUT2D eigenvalue weighted by Gasteiger charge is -2.05. The highest BCUT2D eigenvalue weighted by atomic mass is 127. The van der Waals surface area contributed by atoms with E-state index < -0.39 is 10.0 Å². The number of nitrogens with one attached hydrogen (secondary N) is 2. The number of fused-ring (bicyclic) bond motifs is 1. The first-order chi connectivity index (χ1) is 8.37. The minimum Gasteiger partial charge on any atom is -0.331 e. The number of halogens is 1. The number of aromatic amines is 1. The molecule has 0 saturated carbocycles. The Labute approximate surface area is 124 Å². The first-order valence-electron chi connectivity index (χ1n) is 5.19. The molecule has 0 aliphatic rings. The number of imidazole rings is 1. The van der Waals surface area contributed by atoms with Gasteiger partial charge in [-0.15, -0.1) is 0 Å². The van der Waals surface area contributed by atoms with E-state index in [1.165, 1.54) is 0 Å². The molecule has 2 N–H and O–H groups in total. The predicted octanol–water partition coefficient (Wildman–Crippen LogP) is 1.85. The number of hydrogen-bond donors (Lipinski definition) is 2. The number of rotatable bonds is 4. The highest BCUT2D eigenvalue weighted by Gasteiger charge is 2.06. The van der Waals surface area contributed by atoms with Crippen LogP contribution in [-0.2, 0) is 16.6 Å². The van der Waals surface area contributed by atoms with Gasteiger partial charge in [0.1, 0.15) is 0 Å². The van der Waals surface area contributed by atoms with E-state index in [9.17, 15) is 8.42 Å². The standard InChI is InChI=1S/C10H12IN3O2S2/c1-18(15,16)12-4-5-14-9-3-2-7(11)6-8(9)13-10(14)17/h2-3,6,12H,4-5H2,1H3,(H,13,17). The fourth-order valence-electron chi connectivity index (χ4n) is 1.70. The molecule has 0 bridgehead atoms. The van der Waals surface area contributed by atoms with Crippen molar-refractivity contribution in [2.75, 3.05) is 12.8 Å². The van der Waals surface area contributed by atoms with Crippen LogP contribution in [0.2, 0.25) is 0 Å². The molecule has 98 valence electrons. The van der Waals surface area contributed by atoms with Crippen molar-refractivity contribution in [3.63, 3.8) is 0 Å². The Morgan fingerprint density at radius 1 is 1.50 bits per heavy atom. The van der Waals surface area contributed by atoms with Crippen molar-refractivity contribution < 1.29 is 8.42 Å². The molecule has 1 heterocycles. The second-order valence-electron chi connectivity index (χ2n) is 3.91. The van der Waals surface area contributed by atoms with E-state index >= 15 is 0 Å². The van der Waals surface area contributed by atoms with Crippen LogP contribution in [0, 0.1) is 8.34 Å². The highest BCUT2D eigenvalue weighted by Crippen LogP contribution is 2.17. The third kappa shape index (κ3) is 3.31. The van der Waals surface area contributed by atoms with Crippen LogP contribution < -0.4 is 4.72 Å². The van der Waals surface area contributed by atoms with Crippen LogP contribution in [0.5, 0.6) is 0 Å². The number of sulfonamides is 1. The summed E-state index contributed by atoms with van der Waals surface area (Å²) in [7, 11) is -3.16. The summed E-state index contributed by atoms with van der Waals surface area (Å²) < 4.78 is 28.1. The van der Waals surface area contributed by atoms with Crippen LogP contribution in [0.1, 0.15) is 0 Å². The Morgan fingerprint density at radius 2 is 2.22 bits per heavy atom. The molecular formula is C10H12IN3O2S2. The van der Waals surface area contributed by atoms with Crippen molar-refractivity contribution in [3.8, 4) is 0 Å². The first kappa shape index (κ1) is 14.0. The second kappa shape index (κ2) is 5.27. The van der Waals surface area contributed by atoms with Gasteiger partial charge in [0.2, 0.25) is 10.0 Å². The minimum atomic E-state index is -3.16. The van der Waals surface area contributed by atoms with Crippen molar-refractivity contribution in [2.45, 2.75) is 6.54 Å². The molecule has 0 unspecified atom stereocenters. The van der Waals surface area contributed by atoms with E-state index in [4.69, 9.17) is 12.2 Å². The number of nitrogens with zero attached hydrogens (tertiary/aromatic N) is 1. The summed E-state index contributed by atoms with van der Waals surface area (Å²) in [5, 5.41) is 0. The molecule has 1 aromatic carbocycles. The summed E-state index contributed by atoms with van der Waals surface area (Å²) in [5.41, 5.74) is 1.95. The van der Waals surface area contributed by atoms with Crippen molar-refractivity contribution in [1.82, 2.24) is 14.3 Å². The third-order valence-electron chi connectivity index (χ3n) is 2.44. The van der Waals surface area contributed by atoms with Crippen molar-refractivity contribution in [3.05, 3.63) is 26.5 Å².